The second-order valence-electron chi connectivity index (χ2n) is 4.46. The van der Waals surface area contributed by atoms with Crippen LogP contribution in [0.4, 0.5) is 0 Å². The smallest absolute Gasteiger partial charge is 0.308 e. The van der Waals surface area contributed by atoms with E-state index in [4.69, 9.17) is 0 Å². The molecule has 0 saturated carbocycles. The van der Waals surface area contributed by atoms with Gasteiger partial charge in [0.25, 0.3) is 5.56 Å². The molecule has 0 radical (unpaired) electrons. The van der Waals surface area contributed by atoms with Crippen molar-refractivity contribution in [3.63, 3.8) is 0 Å². The Bertz CT molecular complexity index is 940. The number of rotatable bonds is 2. The Morgan fingerprint density at radius 1 is 1.00 bits per heavy atom. The van der Waals surface area contributed by atoms with E-state index in [0.717, 1.165) is 4.57 Å². The maximum Gasteiger partial charge on any atom is 0.332 e. The molecule has 0 spiro atoms. The number of nitrogens with zero attached hydrogens (tertiary/aromatic N) is 6. The molecule has 3 aromatic heterocycles. The van der Waals surface area contributed by atoms with Crippen LogP contribution in [0.5, 0.6) is 0 Å². The van der Waals surface area contributed by atoms with E-state index < -0.39 is 5.56 Å². The maximum atomic E-state index is 12.2. The molecule has 3 aromatic rings. The van der Waals surface area contributed by atoms with Crippen LogP contribution in [0.25, 0.3) is 11.2 Å². The molecule has 0 unspecified atom stereocenters. The average Bonchev–Trinajstić information content (AvgIpc) is 2.81. The molecule has 8 nitrogen and oxygen atoms in total. The molecule has 3 heterocycles. The lowest BCUT2D eigenvalue weighted by Crippen LogP contribution is -2.37. The molecule has 0 fully saturated rings. The highest BCUT2D eigenvalue weighted by atomic mass is 32.2. The van der Waals surface area contributed by atoms with E-state index in [1.54, 1.807) is 37.1 Å². The van der Waals surface area contributed by atoms with E-state index >= 15 is 0 Å². The third kappa shape index (κ3) is 2.05. The predicted octanol–water partition coefficient (Wildman–Crippen LogP) is -0.0881. The van der Waals surface area contributed by atoms with Crippen molar-refractivity contribution >= 4 is 22.9 Å². The molecular weight excluding hydrogens is 292 g/mol. The molecule has 0 aliphatic heterocycles. The zero-order chi connectivity index (χ0) is 15.1. The molecule has 0 aliphatic rings. The first kappa shape index (κ1) is 13.6. The second-order valence-corrected chi connectivity index (χ2v) is 5.40. The third-order valence-electron chi connectivity index (χ3n) is 3.15. The van der Waals surface area contributed by atoms with Crippen LogP contribution in [-0.2, 0) is 21.1 Å². The monoisotopic (exact) mass is 304 g/mol. The second kappa shape index (κ2) is 4.85. The summed E-state index contributed by atoms with van der Waals surface area (Å²) in [6.45, 7) is 0. The lowest BCUT2D eigenvalue weighted by Gasteiger charge is -2.05. The van der Waals surface area contributed by atoms with Crippen molar-refractivity contribution in [1.82, 2.24) is 28.7 Å². The summed E-state index contributed by atoms with van der Waals surface area (Å²) >= 11 is 1.24. The summed E-state index contributed by atoms with van der Waals surface area (Å²) in [5, 5.41) is 1.08. The van der Waals surface area contributed by atoms with Crippen LogP contribution in [0.2, 0.25) is 0 Å². The van der Waals surface area contributed by atoms with E-state index in [9.17, 15) is 9.59 Å². The molecule has 0 atom stereocenters. The summed E-state index contributed by atoms with van der Waals surface area (Å²) in [5.41, 5.74) is -0.0744. The first-order valence-electron chi connectivity index (χ1n) is 6.08. The third-order valence-corrected chi connectivity index (χ3v) is 4.09. The van der Waals surface area contributed by atoms with Gasteiger partial charge in [0.15, 0.2) is 21.5 Å². The van der Waals surface area contributed by atoms with Gasteiger partial charge >= 0.3 is 5.69 Å². The van der Waals surface area contributed by atoms with Crippen molar-refractivity contribution in [2.75, 3.05) is 0 Å². The van der Waals surface area contributed by atoms with Crippen LogP contribution in [0, 0.1) is 0 Å². The highest BCUT2D eigenvalue weighted by molar-refractivity contribution is 7.99. The van der Waals surface area contributed by atoms with Gasteiger partial charge in [-0.2, -0.15) is 0 Å². The first-order valence-corrected chi connectivity index (χ1v) is 6.89. The van der Waals surface area contributed by atoms with Crippen LogP contribution in [-0.4, -0.2) is 28.7 Å². The Labute approximate surface area is 123 Å². The molecule has 0 aromatic carbocycles. The predicted molar refractivity (Wildman–Crippen MR) is 77.4 cm³/mol. The van der Waals surface area contributed by atoms with Gasteiger partial charge in [0.2, 0.25) is 0 Å². The summed E-state index contributed by atoms with van der Waals surface area (Å²) in [4.78, 5) is 36.7. The standard InChI is InChI=1S/C12H12N6O2S/c1-16-8-7(9(19)18(3)12(20)17(8)2)15-11(16)21-10-13-5-4-6-14-10/h4-6H,1-3H3. The number of aromatic nitrogens is 6. The molecule has 0 saturated heterocycles. The minimum atomic E-state index is -0.412. The van der Waals surface area contributed by atoms with Crippen molar-refractivity contribution in [1.29, 1.82) is 0 Å². The number of aryl methyl sites for hydroxylation is 2. The largest absolute Gasteiger partial charge is 0.332 e. The Morgan fingerprint density at radius 2 is 1.67 bits per heavy atom. The summed E-state index contributed by atoms with van der Waals surface area (Å²) < 4.78 is 4.14. The van der Waals surface area contributed by atoms with E-state index in [-0.39, 0.29) is 11.2 Å². The van der Waals surface area contributed by atoms with Crippen molar-refractivity contribution in [2.45, 2.75) is 10.3 Å². The van der Waals surface area contributed by atoms with Crippen molar-refractivity contribution in [2.24, 2.45) is 21.1 Å². The van der Waals surface area contributed by atoms with Gasteiger partial charge < -0.3 is 4.57 Å². The number of hydrogen-bond acceptors (Lipinski definition) is 6. The minimum Gasteiger partial charge on any atom is -0.308 e. The summed E-state index contributed by atoms with van der Waals surface area (Å²) in [7, 11) is 4.80. The Kier molecular flexibility index (Phi) is 3.13. The topological polar surface area (TPSA) is 87.6 Å². The lowest BCUT2D eigenvalue weighted by molar-refractivity contribution is 0.690. The molecular formula is C12H12N6O2S. The van der Waals surface area contributed by atoms with Gasteiger partial charge in [-0.3, -0.25) is 13.9 Å². The van der Waals surface area contributed by atoms with Crippen molar-refractivity contribution in [3.8, 4) is 0 Å². The SMILES string of the molecule is Cn1c(=O)c2nc(Sc3ncccn3)n(C)c2n(C)c1=O. The summed E-state index contributed by atoms with van der Waals surface area (Å²) in [6.07, 6.45) is 3.26. The molecule has 0 amide bonds. The average molecular weight is 304 g/mol. The van der Waals surface area contributed by atoms with E-state index in [1.165, 1.54) is 23.4 Å². The maximum absolute atomic E-state index is 12.2. The highest BCUT2D eigenvalue weighted by Gasteiger charge is 2.17. The minimum absolute atomic E-state index is 0.250. The first-order chi connectivity index (χ1) is 10.0. The van der Waals surface area contributed by atoms with E-state index in [0.29, 0.717) is 16.0 Å². The molecule has 0 N–H and O–H groups in total. The fraction of sp³-hybridized carbons (Fsp3) is 0.250. The number of hydrogen-bond donors (Lipinski definition) is 0. The van der Waals surface area contributed by atoms with Gasteiger partial charge in [-0.05, 0) is 17.8 Å². The molecule has 0 bridgehead atoms. The number of fused-ring (bicyclic) bond motifs is 1. The van der Waals surface area contributed by atoms with Crippen LogP contribution >= 0.6 is 11.8 Å². The summed E-state index contributed by atoms with van der Waals surface area (Å²) in [5.74, 6) is 0. The molecule has 108 valence electrons. The molecule has 3 rings (SSSR count). The van der Waals surface area contributed by atoms with Crippen LogP contribution in [0.15, 0.2) is 38.4 Å². The summed E-state index contributed by atoms with van der Waals surface area (Å²) in [6, 6.07) is 1.72. The number of imidazole rings is 1. The van der Waals surface area contributed by atoms with Gasteiger partial charge in [0.05, 0.1) is 0 Å². The molecule has 0 aliphatic carbocycles. The Hall–Kier alpha value is -2.42. The van der Waals surface area contributed by atoms with Gasteiger partial charge in [-0.25, -0.2) is 19.7 Å². The van der Waals surface area contributed by atoms with Crippen LogP contribution in [0.1, 0.15) is 0 Å². The van der Waals surface area contributed by atoms with Gasteiger partial charge in [0, 0.05) is 33.5 Å². The molecule has 21 heavy (non-hydrogen) atoms. The Balaban J connectivity index is 2.26. The zero-order valence-electron chi connectivity index (χ0n) is 11.6. The van der Waals surface area contributed by atoms with Gasteiger partial charge in [-0.15, -0.1) is 0 Å². The van der Waals surface area contributed by atoms with E-state index in [2.05, 4.69) is 15.0 Å². The highest BCUT2D eigenvalue weighted by Crippen LogP contribution is 2.24. The van der Waals surface area contributed by atoms with Crippen LogP contribution in [0.3, 0.4) is 0 Å². The van der Waals surface area contributed by atoms with Gasteiger partial charge in [0.1, 0.15) is 0 Å². The zero-order valence-corrected chi connectivity index (χ0v) is 12.5. The fourth-order valence-electron chi connectivity index (χ4n) is 2.07. The fourth-order valence-corrected chi connectivity index (χ4v) is 2.82. The van der Waals surface area contributed by atoms with Crippen molar-refractivity contribution < 1.29 is 0 Å². The quantitative estimate of drug-likeness (QED) is 0.615. The molecule has 9 heteroatoms. The lowest BCUT2D eigenvalue weighted by atomic mass is 10.5. The van der Waals surface area contributed by atoms with Crippen molar-refractivity contribution in [3.05, 3.63) is 39.3 Å². The normalized spacial score (nSPS) is 11.2. The van der Waals surface area contributed by atoms with Crippen LogP contribution < -0.4 is 11.2 Å². The van der Waals surface area contributed by atoms with Gasteiger partial charge in [-0.1, -0.05) is 0 Å². The Morgan fingerprint density at radius 3 is 2.33 bits per heavy atom. The van der Waals surface area contributed by atoms with E-state index in [1.807, 2.05) is 0 Å².